The molecule has 0 aliphatic carbocycles. The first-order chi connectivity index (χ1) is 13.9. The van der Waals surface area contributed by atoms with Gasteiger partial charge in [0.25, 0.3) is 0 Å². The Labute approximate surface area is 211 Å². The maximum atomic E-state index is 4.62. The van der Waals surface area contributed by atoms with E-state index >= 15 is 0 Å². The Hall–Kier alpha value is 0.890. The van der Waals surface area contributed by atoms with Crippen LogP contribution in [-0.2, 0) is 9.49 Å². The molecule has 0 aliphatic rings. The second kappa shape index (κ2) is 12.8. The summed E-state index contributed by atoms with van der Waals surface area (Å²) in [5, 5.41) is 0. The van der Waals surface area contributed by atoms with E-state index in [9.17, 15) is 0 Å². The molecule has 0 saturated heterocycles. The Morgan fingerprint density at radius 1 is 0.690 bits per heavy atom. The first kappa shape index (κ1) is 26.1. The van der Waals surface area contributed by atoms with E-state index in [-0.39, 0.29) is 9.49 Å². The van der Waals surface area contributed by atoms with Gasteiger partial charge in [-0.3, -0.25) is 0 Å². The molecule has 2 aromatic rings. The lowest BCUT2D eigenvalue weighted by molar-refractivity contribution is 0.795. The SMILES string of the molecule is CC(CS)(SCCS)c1ccc(Sc2cccc(C(C)(CS)SCCS)c2)cc1. The highest BCUT2D eigenvalue weighted by atomic mass is 32.2. The van der Waals surface area contributed by atoms with Crippen molar-refractivity contribution in [2.24, 2.45) is 0 Å². The van der Waals surface area contributed by atoms with Gasteiger partial charge in [-0.2, -0.15) is 50.5 Å². The highest BCUT2D eigenvalue weighted by molar-refractivity contribution is 8.02. The highest BCUT2D eigenvalue weighted by Gasteiger charge is 2.26. The lowest BCUT2D eigenvalue weighted by atomic mass is 10.0. The molecule has 0 aliphatic heterocycles. The van der Waals surface area contributed by atoms with Crippen LogP contribution in [0.4, 0.5) is 0 Å². The van der Waals surface area contributed by atoms with Crippen molar-refractivity contribution in [3.05, 3.63) is 59.7 Å². The zero-order valence-corrected chi connectivity index (χ0v) is 22.9. The van der Waals surface area contributed by atoms with Crippen LogP contribution in [0.25, 0.3) is 0 Å². The summed E-state index contributed by atoms with van der Waals surface area (Å²) in [4.78, 5) is 2.51. The molecule has 0 spiro atoms. The van der Waals surface area contributed by atoms with Gasteiger partial charge >= 0.3 is 0 Å². The van der Waals surface area contributed by atoms with Gasteiger partial charge in [0.05, 0.1) is 0 Å². The molecule has 0 nitrogen and oxygen atoms in total. The maximum Gasteiger partial charge on any atom is 0.0468 e. The Morgan fingerprint density at radius 2 is 1.24 bits per heavy atom. The Balaban J connectivity index is 2.16. The highest BCUT2D eigenvalue weighted by Crippen LogP contribution is 2.41. The van der Waals surface area contributed by atoms with Crippen molar-refractivity contribution in [2.75, 3.05) is 34.5 Å². The van der Waals surface area contributed by atoms with Gasteiger partial charge in [-0.1, -0.05) is 36.0 Å². The summed E-state index contributed by atoms with van der Waals surface area (Å²) in [7, 11) is 0. The minimum Gasteiger partial charge on any atom is -0.179 e. The summed E-state index contributed by atoms with van der Waals surface area (Å²) in [5.74, 6) is 5.43. The average Bonchev–Trinajstić information content (AvgIpc) is 2.76. The van der Waals surface area contributed by atoms with Gasteiger partial charge in [-0.05, 0) is 60.7 Å². The second-order valence-corrected chi connectivity index (χ2v) is 12.9. The topological polar surface area (TPSA) is 0 Å². The molecule has 0 radical (unpaired) electrons. The van der Waals surface area contributed by atoms with Crippen LogP contribution in [-0.4, -0.2) is 34.5 Å². The number of rotatable bonds is 12. The monoisotopic (exact) mass is 518 g/mol. The van der Waals surface area contributed by atoms with E-state index in [0.717, 1.165) is 34.5 Å². The van der Waals surface area contributed by atoms with Crippen molar-refractivity contribution >= 4 is 85.8 Å². The standard InChI is InChI=1S/C22H30S7/c1-21(15-25,27-12-10-23)17-6-8-19(9-7-17)29-20-5-3-4-18(14-20)22(2,16-26)28-13-11-24/h3-9,14,23-26H,10-13,15-16H2,1-2H3. The van der Waals surface area contributed by atoms with Crippen molar-refractivity contribution < 1.29 is 0 Å². The molecule has 0 fully saturated rings. The zero-order valence-electron chi connectivity index (χ0n) is 16.9. The van der Waals surface area contributed by atoms with Crippen LogP contribution in [0.15, 0.2) is 58.3 Å². The molecule has 2 rings (SSSR count). The van der Waals surface area contributed by atoms with Gasteiger partial charge in [-0.25, -0.2) is 0 Å². The van der Waals surface area contributed by atoms with Crippen LogP contribution in [0.2, 0.25) is 0 Å². The maximum absolute atomic E-state index is 4.62. The van der Waals surface area contributed by atoms with E-state index in [2.05, 4.69) is 113 Å². The minimum absolute atomic E-state index is 0.00483. The van der Waals surface area contributed by atoms with Crippen molar-refractivity contribution in [1.29, 1.82) is 0 Å². The normalized spacial score (nSPS) is 15.7. The number of hydrogen-bond acceptors (Lipinski definition) is 7. The molecule has 0 aromatic heterocycles. The second-order valence-electron chi connectivity index (χ2n) is 7.08. The molecule has 160 valence electrons. The Bertz CT molecular complexity index is 749. The van der Waals surface area contributed by atoms with Crippen molar-refractivity contribution in [3.63, 3.8) is 0 Å². The fourth-order valence-corrected chi connectivity index (χ4v) is 7.08. The smallest absolute Gasteiger partial charge is 0.0468 e. The van der Waals surface area contributed by atoms with E-state index in [1.807, 2.05) is 35.3 Å². The molecule has 0 N–H and O–H groups in total. The van der Waals surface area contributed by atoms with Gasteiger partial charge < -0.3 is 0 Å². The molecule has 2 unspecified atom stereocenters. The molecule has 0 amide bonds. The molecule has 7 heteroatoms. The number of thiol groups is 4. The van der Waals surface area contributed by atoms with Gasteiger partial charge in [-0.15, -0.1) is 23.5 Å². The summed E-state index contributed by atoms with van der Waals surface area (Å²) in [6, 6.07) is 17.8. The number of thioether (sulfide) groups is 2. The van der Waals surface area contributed by atoms with E-state index in [4.69, 9.17) is 0 Å². The molecule has 0 heterocycles. The van der Waals surface area contributed by atoms with Crippen LogP contribution in [0, 0.1) is 0 Å². The van der Waals surface area contributed by atoms with E-state index < -0.39 is 0 Å². The van der Waals surface area contributed by atoms with Gasteiger partial charge in [0.2, 0.25) is 0 Å². The van der Waals surface area contributed by atoms with Gasteiger partial charge in [0.15, 0.2) is 0 Å². The minimum atomic E-state index is 0.00483. The molecule has 0 saturated carbocycles. The summed E-state index contributed by atoms with van der Waals surface area (Å²) in [5.41, 5.74) is 2.65. The quantitative estimate of drug-likeness (QED) is 0.216. The van der Waals surface area contributed by atoms with E-state index in [1.165, 1.54) is 20.9 Å². The molecule has 0 bridgehead atoms. The van der Waals surface area contributed by atoms with Crippen LogP contribution in [0.1, 0.15) is 25.0 Å². The molecule has 2 aromatic carbocycles. The predicted molar refractivity (Wildman–Crippen MR) is 152 cm³/mol. The molecular formula is C22H30S7. The predicted octanol–water partition coefficient (Wildman–Crippen LogP) is 7.45. The summed E-state index contributed by atoms with van der Waals surface area (Å²) < 4.78 is 0.0262. The third kappa shape index (κ3) is 7.47. The Kier molecular flexibility index (Phi) is 11.5. The lowest BCUT2D eigenvalue weighted by Gasteiger charge is -2.28. The van der Waals surface area contributed by atoms with E-state index in [0.29, 0.717) is 0 Å². The Morgan fingerprint density at radius 3 is 1.76 bits per heavy atom. The summed E-state index contributed by atoms with van der Waals surface area (Å²) in [6.45, 7) is 4.54. The van der Waals surface area contributed by atoms with Crippen LogP contribution in [0.3, 0.4) is 0 Å². The first-order valence-electron chi connectivity index (χ1n) is 9.51. The van der Waals surface area contributed by atoms with Crippen LogP contribution in [0.5, 0.6) is 0 Å². The third-order valence-corrected chi connectivity index (χ3v) is 11.4. The van der Waals surface area contributed by atoms with E-state index in [1.54, 1.807) is 0 Å². The van der Waals surface area contributed by atoms with Crippen molar-refractivity contribution in [3.8, 4) is 0 Å². The summed E-state index contributed by atoms with van der Waals surface area (Å²) >= 11 is 23.6. The lowest BCUT2D eigenvalue weighted by Crippen LogP contribution is -2.20. The summed E-state index contributed by atoms with van der Waals surface area (Å²) in [6.07, 6.45) is 0. The molecular weight excluding hydrogens is 489 g/mol. The zero-order chi connectivity index (χ0) is 21.3. The van der Waals surface area contributed by atoms with Crippen LogP contribution >= 0.6 is 85.8 Å². The van der Waals surface area contributed by atoms with Gasteiger partial charge in [0, 0.05) is 42.3 Å². The van der Waals surface area contributed by atoms with Crippen LogP contribution < -0.4 is 0 Å². The molecule has 29 heavy (non-hydrogen) atoms. The number of benzene rings is 2. The largest absolute Gasteiger partial charge is 0.179 e. The van der Waals surface area contributed by atoms with Gasteiger partial charge in [0.1, 0.15) is 0 Å². The van der Waals surface area contributed by atoms with Crippen molar-refractivity contribution in [2.45, 2.75) is 33.1 Å². The fourth-order valence-electron chi connectivity index (χ4n) is 2.88. The molecule has 2 atom stereocenters. The number of hydrogen-bond donors (Lipinski definition) is 4. The first-order valence-corrected chi connectivity index (χ1v) is 14.8. The third-order valence-electron chi connectivity index (χ3n) is 4.77. The van der Waals surface area contributed by atoms with Crippen molar-refractivity contribution in [1.82, 2.24) is 0 Å². The fraction of sp³-hybridized carbons (Fsp3) is 0.455. The average molecular weight is 519 g/mol.